The molecule has 20 heavy (non-hydrogen) atoms. The van der Waals surface area contributed by atoms with Crippen LogP contribution >= 0.6 is 0 Å². The van der Waals surface area contributed by atoms with E-state index in [-0.39, 0.29) is 12.4 Å². The molecule has 0 fully saturated rings. The molecule has 3 nitrogen and oxygen atoms in total. The first-order chi connectivity index (χ1) is 9.67. The van der Waals surface area contributed by atoms with Gasteiger partial charge in [-0.3, -0.25) is 4.79 Å². The first kappa shape index (κ1) is 18.5. The van der Waals surface area contributed by atoms with Gasteiger partial charge in [0.15, 0.2) is 0 Å². The van der Waals surface area contributed by atoms with Gasteiger partial charge < -0.3 is 10.6 Å². The predicted molar refractivity (Wildman–Crippen MR) is 78.6 cm³/mol. The molecule has 0 bridgehead atoms. The molecular formula is C15H24F2N2O. The van der Waals surface area contributed by atoms with Crippen LogP contribution in [0.15, 0.2) is 36.0 Å². The van der Waals surface area contributed by atoms with Crippen LogP contribution in [0.1, 0.15) is 33.1 Å². The maximum absolute atomic E-state index is 13.2. The first-order valence-electron chi connectivity index (χ1n) is 6.87. The normalized spacial score (nSPS) is 14.6. The van der Waals surface area contributed by atoms with E-state index in [1.807, 2.05) is 0 Å². The smallest absolute Gasteiger partial charge is 0.207 e. The lowest BCUT2D eigenvalue weighted by molar-refractivity contribution is -0.110. The van der Waals surface area contributed by atoms with Gasteiger partial charge in [0.05, 0.1) is 6.33 Å². The van der Waals surface area contributed by atoms with Gasteiger partial charge >= 0.3 is 0 Å². The molecule has 2 N–H and O–H groups in total. The zero-order chi connectivity index (χ0) is 15.2. The number of carbonyl (C=O) groups is 1. The summed E-state index contributed by atoms with van der Waals surface area (Å²) in [6, 6.07) is -0.0681. The Kier molecular flexibility index (Phi) is 11.6. The van der Waals surface area contributed by atoms with Crippen LogP contribution in [0.5, 0.6) is 0 Å². The van der Waals surface area contributed by atoms with E-state index >= 15 is 0 Å². The molecule has 1 amide bonds. The fraction of sp³-hybridized carbons (Fsp3) is 0.533. The molecular weight excluding hydrogens is 262 g/mol. The maximum Gasteiger partial charge on any atom is 0.207 e. The second-order valence-corrected chi connectivity index (χ2v) is 4.41. The van der Waals surface area contributed by atoms with E-state index < -0.39 is 5.83 Å². The number of rotatable bonds is 11. The van der Waals surface area contributed by atoms with Crippen molar-refractivity contribution in [2.45, 2.75) is 39.2 Å². The molecule has 0 heterocycles. The number of hydrogen-bond acceptors (Lipinski definition) is 2. The van der Waals surface area contributed by atoms with Crippen molar-refractivity contribution in [2.24, 2.45) is 0 Å². The molecule has 0 aromatic rings. The van der Waals surface area contributed by atoms with Crippen LogP contribution in [0.3, 0.4) is 0 Å². The highest BCUT2D eigenvalue weighted by Crippen LogP contribution is 2.13. The fourth-order valence-corrected chi connectivity index (χ4v) is 1.75. The van der Waals surface area contributed by atoms with Crippen molar-refractivity contribution in [3.63, 3.8) is 0 Å². The molecule has 0 unspecified atom stereocenters. The fourth-order valence-electron chi connectivity index (χ4n) is 1.75. The molecule has 0 saturated carbocycles. The summed E-state index contributed by atoms with van der Waals surface area (Å²) in [4.78, 5) is 10.6. The van der Waals surface area contributed by atoms with Gasteiger partial charge in [0.25, 0.3) is 0 Å². The summed E-state index contributed by atoms with van der Waals surface area (Å²) in [5.41, 5.74) is 0.718. The summed E-state index contributed by atoms with van der Waals surface area (Å²) in [6.07, 6.45) is 6.92. The molecule has 0 radical (unpaired) electrons. The molecule has 1 atom stereocenters. The Hall–Kier alpha value is -1.49. The van der Waals surface area contributed by atoms with Crippen molar-refractivity contribution in [3.05, 3.63) is 36.0 Å². The second-order valence-electron chi connectivity index (χ2n) is 4.41. The van der Waals surface area contributed by atoms with E-state index in [9.17, 15) is 13.6 Å². The second kappa shape index (κ2) is 12.5. The molecule has 0 saturated heterocycles. The third-order valence-electron chi connectivity index (χ3n) is 2.80. The van der Waals surface area contributed by atoms with Crippen LogP contribution in [0.2, 0.25) is 0 Å². The Morgan fingerprint density at radius 3 is 2.65 bits per heavy atom. The molecule has 0 aliphatic carbocycles. The van der Waals surface area contributed by atoms with E-state index in [1.54, 1.807) is 13.0 Å². The lowest BCUT2D eigenvalue weighted by Gasteiger charge is -2.17. The van der Waals surface area contributed by atoms with E-state index in [2.05, 4.69) is 17.6 Å². The zero-order valence-corrected chi connectivity index (χ0v) is 12.2. The van der Waals surface area contributed by atoms with Crippen LogP contribution in [0.4, 0.5) is 8.78 Å². The Bertz CT molecular complexity index is 352. The molecule has 5 heteroatoms. The summed E-state index contributed by atoms with van der Waals surface area (Å²) >= 11 is 0. The number of amides is 1. The van der Waals surface area contributed by atoms with Gasteiger partial charge in [-0.1, -0.05) is 13.0 Å². The largest absolute Gasteiger partial charge is 0.356 e. The molecule has 0 spiro atoms. The van der Waals surface area contributed by atoms with Gasteiger partial charge in [0.2, 0.25) is 6.41 Å². The average Bonchev–Trinajstić information content (AvgIpc) is 2.43. The highest BCUT2D eigenvalue weighted by Gasteiger charge is 2.09. The molecule has 0 rings (SSSR count). The summed E-state index contributed by atoms with van der Waals surface area (Å²) in [6.45, 7) is 5.58. The zero-order valence-electron chi connectivity index (χ0n) is 12.2. The SMILES string of the molecule is C\C=C(/C=C(F)\C=C\F)C[C@@H](CCNCCC)NC=O. The lowest BCUT2D eigenvalue weighted by atomic mass is 10.0. The van der Waals surface area contributed by atoms with Gasteiger partial charge in [0.1, 0.15) is 5.83 Å². The minimum Gasteiger partial charge on any atom is -0.356 e. The Morgan fingerprint density at radius 1 is 1.35 bits per heavy atom. The molecule has 0 aromatic heterocycles. The molecule has 0 aromatic carbocycles. The van der Waals surface area contributed by atoms with Gasteiger partial charge in [-0.15, -0.1) is 0 Å². The molecule has 114 valence electrons. The minimum atomic E-state index is -0.644. The van der Waals surface area contributed by atoms with Crippen molar-refractivity contribution in [1.82, 2.24) is 10.6 Å². The van der Waals surface area contributed by atoms with Crippen molar-refractivity contribution in [3.8, 4) is 0 Å². The van der Waals surface area contributed by atoms with E-state index in [0.717, 1.165) is 37.6 Å². The quantitative estimate of drug-likeness (QED) is 0.348. The van der Waals surface area contributed by atoms with E-state index in [0.29, 0.717) is 12.8 Å². The van der Waals surface area contributed by atoms with Crippen LogP contribution in [-0.4, -0.2) is 25.5 Å². The Labute approximate surface area is 119 Å². The van der Waals surface area contributed by atoms with Crippen LogP contribution in [0.25, 0.3) is 0 Å². The van der Waals surface area contributed by atoms with E-state index in [1.165, 1.54) is 6.08 Å². The number of nitrogens with one attached hydrogen (secondary N) is 2. The monoisotopic (exact) mass is 286 g/mol. The Morgan fingerprint density at radius 2 is 2.10 bits per heavy atom. The summed E-state index contributed by atoms with van der Waals surface area (Å²) in [5, 5.41) is 5.98. The third kappa shape index (κ3) is 9.44. The topological polar surface area (TPSA) is 41.1 Å². The molecule has 0 aliphatic rings. The highest BCUT2D eigenvalue weighted by molar-refractivity contribution is 5.47. The number of allylic oxidation sites excluding steroid dienone is 4. The highest BCUT2D eigenvalue weighted by atomic mass is 19.1. The predicted octanol–water partition coefficient (Wildman–Crippen LogP) is 3.16. The minimum absolute atomic E-state index is 0.0681. The number of hydrogen-bond donors (Lipinski definition) is 2. The lowest BCUT2D eigenvalue weighted by Crippen LogP contribution is -2.32. The van der Waals surface area contributed by atoms with Crippen molar-refractivity contribution in [1.29, 1.82) is 0 Å². The van der Waals surface area contributed by atoms with Crippen molar-refractivity contribution in [2.75, 3.05) is 13.1 Å². The third-order valence-corrected chi connectivity index (χ3v) is 2.80. The van der Waals surface area contributed by atoms with Gasteiger partial charge in [-0.25, -0.2) is 8.78 Å². The van der Waals surface area contributed by atoms with Crippen LogP contribution in [-0.2, 0) is 4.79 Å². The van der Waals surface area contributed by atoms with Gasteiger partial charge in [0, 0.05) is 12.1 Å². The van der Waals surface area contributed by atoms with Gasteiger partial charge in [-0.05, 0) is 50.9 Å². The summed E-state index contributed by atoms with van der Waals surface area (Å²) in [7, 11) is 0. The Balaban J connectivity index is 4.45. The number of carbonyl (C=O) groups excluding carboxylic acids is 1. The average molecular weight is 286 g/mol. The summed E-state index contributed by atoms with van der Waals surface area (Å²) in [5.74, 6) is -0.644. The van der Waals surface area contributed by atoms with Crippen LogP contribution in [0, 0.1) is 0 Å². The first-order valence-corrected chi connectivity index (χ1v) is 6.87. The molecule has 0 aliphatic heterocycles. The summed E-state index contributed by atoms with van der Waals surface area (Å²) < 4.78 is 25.1. The standard InChI is InChI=1S/C15H24F2N2O/c1-3-8-18-9-6-15(19-12-20)11-13(4-2)10-14(17)5-7-16/h4-5,7,10,12,15,18H,3,6,8-9,11H2,1-2H3,(H,19,20)/b7-5+,13-4+,14-10+/t15-/m1/s1. The van der Waals surface area contributed by atoms with Gasteiger partial charge in [-0.2, -0.15) is 0 Å². The van der Waals surface area contributed by atoms with Crippen LogP contribution < -0.4 is 10.6 Å². The maximum atomic E-state index is 13.2. The van der Waals surface area contributed by atoms with Crippen molar-refractivity contribution < 1.29 is 13.6 Å². The van der Waals surface area contributed by atoms with E-state index in [4.69, 9.17) is 0 Å². The van der Waals surface area contributed by atoms with Crippen molar-refractivity contribution >= 4 is 6.41 Å². The number of halogens is 2.